The number of para-hydroxylation sites is 1. The van der Waals surface area contributed by atoms with Crippen LogP contribution in [0, 0.1) is 0 Å². The van der Waals surface area contributed by atoms with Crippen molar-refractivity contribution in [3.8, 4) is 5.75 Å². The molecule has 3 rings (SSSR count). The molecule has 0 spiro atoms. The molecule has 7 nitrogen and oxygen atoms in total. The van der Waals surface area contributed by atoms with Gasteiger partial charge in [0.15, 0.2) is 0 Å². The normalized spacial score (nSPS) is 11.3. The van der Waals surface area contributed by atoms with E-state index >= 15 is 0 Å². The molecule has 0 aliphatic heterocycles. The summed E-state index contributed by atoms with van der Waals surface area (Å²) >= 11 is 5.81. The molecule has 0 unspecified atom stereocenters. The third-order valence-corrected chi connectivity index (χ3v) is 5.65. The van der Waals surface area contributed by atoms with Crippen molar-refractivity contribution < 1.29 is 17.9 Å². The van der Waals surface area contributed by atoms with Gasteiger partial charge in [0.1, 0.15) is 5.75 Å². The van der Waals surface area contributed by atoms with Crippen LogP contribution in [0.3, 0.4) is 0 Å². The Bertz CT molecular complexity index is 1180. The molecule has 0 saturated carbocycles. The highest BCUT2D eigenvalue weighted by Gasteiger charge is 2.18. The van der Waals surface area contributed by atoms with Crippen LogP contribution in [0.1, 0.15) is 15.9 Å². The number of methoxy groups -OCH3 is 1. The van der Waals surface area contributed by atoms with Crippen molar-refractivity contribution in [2.75, 3.05) is 11.8 Å². The van der Waals surface area contributed by atoms with Crippen LogP contribution in [-0.2, 0) is 10.0 Å². The van der Waals surface area contributed by atoms with Crippen molar-refractivity contribution in [1.29, 1.82) is 0 Å². The molecule has 154 valence electrons. The van der Waals surface area contributed by atoms with Crippen LogP contribution >= 0.6 is 11.6 Å². The zero-order valence-electron chi connectivity index (χ0n) is 15.9. The van der Waals surface area contributed by atoms with E-state index in [0.29, 0.717) is 10.8 Å². The molecular formula is C21H18ClN3O4S. The quantitative estimate of drug-likeness (QED) is 0.427. The summed E-state index contributed by atoms with van der Waals surface area (Å²) < 4.78 is 32.8. The predicted octanol–water partition coefficient (Wildman–Crippen LogP) is 3.91. The number of halogens is 1. The molecule has 3 aromatic rings. The maximum absolute atomic E-state index is 12.6. The highest BCUT2D eigenvalue weighted by molar-refractivity contribution is 7.92. The summed E-state index contributed by atoms with van der Waals surface area (Å²) in [5.41, 5.74) is 3.37. The zero-order chi connectivity index (χ0) is 21.6. The summed E-state index contributed by atoms with van der Waals surface area (Å²) in [7, 11) is -2.34. The number of ether oxygens (including phenoxy) is 1. The second-order valence-electron chi connectivity index (χ2n) is 6.08. The first-order valence-electron chi connectivity index (χ1n) is 8.74. The maximum atomic E-state index is 12.6. The molecule has 0 aliphatic carbocycles. The fourth-order valence-corrected chi connectivity index (χ4v) is 3.74. The van der Waals surface area contributed by atoms with Gasteiger partial charge in [0.2, 0.25) is 0 Å². The average Bonchev–Trinajstić information content (AvgIpc) is 2.74. The van der Waals surface area contributed by atoms with Gasteiger partial charge in [-0.15, -0.1) is 0 Å². The molecule has 0 bridgehead atoms. The SMILES string of the molecule is COc1cccc(/C=N\NC(=O)c2ccccc2NS(=O)(=O)c2ccc(Cl)cc2)c1. The van der Waals surface area contributed by atoms with E-state index < -0.39 is 15.9 Å². The molecule has 0 radical (unpaired) electrons. The number of hydrogen-bond donors (Lipinski definition) is 2. The number of hydrogen-bond acceptors (Lipinski definition) is 5. The van der Waals surface area contributed by atoms with Gasteiger partial charge >= 0.3 is 0 Å². The average molecular weight is 444 g/mol. The van der Waals surface area contributed by atoms with E-state index in [9.17, 15) is 13.2 Å². The lowest BCUT2D eigenvalue weighted by Crippen LogP contribution is -2.21. The topological polar surface area (TPSA) is 96.9 Å². The summed E-state index contributed by atoms with van der Waals surface area (Å²) in [5.74, 6) is 0.0933. The first kappa shape index (κ1) is 21.4. The summed E-state index contributed by atoms with van der Waals surface area (Å²) in [5, 5.41) is 4.35. The second kappa shape index (κ2) is 9.43. The second-order valence-corrected chi connectivity index (χ2v) is 8.20. The lowest BCUT2D eigenvalue weighted by Gasteiger charge is -2.11. The largest absolute Gasteiger partial charge is 0.497 e. The number of carbonyl (C=O) groups is 1. The number of benzene rings is 3. The van der Waals surface area contributed by atoms with Gasteiger partial charge in [-0.25, -0.2) is 13.8 Å². The molecule has 0 saturated heterocycles. The zero-order valence-corrected chi connectivity index (χ0v) is 17.4. The molecule has 0 atom stereocenters. The van der Waals surface area contributed by atoms with E-state index in [2.05, 4.69) is 15.2 Å². The van der Waals surface area contributed by atoms with Gasteiger partial charge < -0.3 is 4.74 Å². The van der Waals surface area contributed by atoms with Crippen molar-refractivity contribution in [3.63, 3.8) is 0 Å². The summed E-state index contributed by atoms with van der Waals surface area (Å²) in [6.45, 7) is 0. The fraction of sp³-hybridized carbons (Fsp3) is 0.0476. The molecule has 0 aromatic heterocycles. The Morgan fingerprint density at radius 2 is 1.77 bits per heavy atom. The number of hydrazone groups is 1. The number of nitrogens with zero attached hydrogens (tertiary/aromatic N) is 1. The third kappa shape index (κ3) is 5.37. The molecule has 2 N–H and O–H groups in total. The van der Waals surface area contributed by atoms with Gasteiger partial charge in [-0.05, 0) is 54.1 Å². The molecule has 0 fully saturated rings. The smallest absolute Gasteiger partial charge is 0.273 e. The van der Waals surface area contributed by atoms with Crippen molar-refractivity contribution in [1.82, 2.24) is 5.43 Å². The minimum absolute atomic E-state index is 0.0261. The molecule has 9 heteroatoms. The number of nitrogens with one attached hydrogen (secondary N) is 2. The van der Waals surface area contributed by atoms with Gasteiger partial charge in [-0.2, -0.15) is 5.10 Å². The lowest BCUT2D eigenvalue weighted by molar-refractivity contribution is 0.0956. The number of rotatable bonds is 7. The van der Waals surface area contributed by atoms with E-state index in [4.69, 9.17) is 16.3 Å². The van der Waals surface area contributed by atoms with Gasteiger partial charge in [-0.1, -0.05) is 35.9 Å². The van der Waals surface area contributed by atoms with E-state index in [1.165, 1.54) is 42.6 Å². The molecule has 1 amide bonds. The number of sulfonamides is 1. The van der Waals surface area contributed by atoms with Crippen LogP contribution in [0.2, 0.25) is 5.02 Å². The Hall–Kier alpha value is -3.36. The Morgan fingerprint density at radius 1 is 1.03 bits per heavy atom. The first-order valence-corrected chi connectivity index (χ1v) is 10.6. The molecule has 0 aliphatic rings. The van der Waals surface area contributed by atoms with Crippen molar-refractivity contribution >= 4 is 39.4 Å². The Kier molecular flexibility index (Phi) is 6.71. The highest BCUT2D eigenvalue weighted by atomic mass is 35.5. The minimum atomic E-state index is -3.90. The van der Waals surface area contributed by atoms with E-state index in [0.717, 1.165) is 5.56 Å². The van der Waals surface area contributed by atoms with E-state index in [1.807, 2.05) is 0 Å². The molecule has 0 heterocycles. The predicted molar refractivity (Wildman–Crippen MR) is 117 cm³/mol. The standard InChI is InChI=1S/C21H18ClN3O4S/c1-29-17-6-4-5-15(13-17)14-23-24-21(26)19-7-2-3-8-20(19)25-30(27,28)18-11-9-16(22)10-12-18/h2-14,25H,1H3,(H,24,26)/b23-14-. The van der Waals surface area contributed by atoms with E-state index in [1.54, 1.807) is 43.5 Å². The molecular weight excluding hydrogens is 426 g/mol. The monoisotopic (exact) mass is 443 g/mol. The maximum Gasteiger partial charge on any atom is 0.273 e. The van der Waals surface area contributed by atoms with Crippen molar-refractivity contribution in [2.45, 2.75) is 4.90 Å². The first-order chi connectivity index (χ1) is 14.4. The van der Waals surface area contributed by atoms with Crippen molar-refractivity contribution in [3.05, 3.63) is 88.9 Å². The van der Waals surface area contributed by atoms with Crippen LogP contribution in [0.15, 0.2) is 82.8 Å². The minimum Gasteiger partial charge on any atom is -0.497 e. The van der Waals surface area contributed by atoms with Crippen LogP contribution in [0.5, 0.6) is 5.75 Å². The Balaban J connectivity index is 1.76. The van der Waals surface area contributed by atoms with Crippen LogP contribution in [0.4, 0.5) is 5.69 Å². The van der Waals surface area contributed by atoms with Crippen LogP contribution < -0.4 is 14.9 Å². The lowest BCUT2D eigenvalue weighted by atomic mass is 10.2. The third-order valence-electron chi connectivity index (χ3n) is 4.01. The number of anilines is 1. The summed E-state index contributed by atoms with van der Waals surface area (Å²) in [6, 6.07) is 19.1. The highest BCUT2D eigenvalue weighted by Crippen LogP contribution is 2.21. The number of amides is 1. The Morgan fingerprint density at radius 3 is 2.50 bits per heavy atom. The van der Waals surface area contributed by atoms with Crippen LogP contribution in [0.25, 0.3) is 0 Å². The van der Waals surface area contributed by atoms with Crippen molar-refractivity contribution in [2.24, 2.45) is 5.10 Å². The van der Waals surface area contributed by atoms with E-state index in [-0.39, 0.29) is 16.1 Å². The van der Waals surface area contributed by atoms with Gasteiger partial charge in [-0.3, -0.25) is 9.52 Å². The van der Waals surface area contributed by atoms with Gasteiger partial charge in [0.05, 0.1) is 29.5 Å². The molecule has 30 heavy (non-hydrogen) atoms. The molecule has 3 aromatic carbocycles. The fourth-order valence-electron chi connectivity index (χ4n) is 2.54. The number of carbonyl (C=O) groups excluding carboxylic acids is 1. The summed E-state index contributed by atoms with van der Waals surface area (Å²) in [4.78, 5) is 12.6. The van der Waals surface area contributed by atoms with Gasteiger partial charge in [0, 0.05) is 5.02 Å². The summed E-state index contributed by atoms with van der Waals surface area (Å²) in [6.07, 6.45) is 1.46. The van der Waals surface area contributed by atoms with Crippen LogP contribution in [-0.4, -0.2) is 27.6 Å². The van der Waals surface area contributed by atoms with Gasteiger partial charge in [0.25, 0.3) is 15.9 Å². The Labute approximate surface area is 179 Å².